The summed E-state index contributed by atoms with van der Waals surface area (Å²) < 4.78 is 7.99. The fraction of sp³-hybridized carbons (Fsp3) is 0.394. The number of carbonyl (C=O) groups is 2. The number of benzene rings is 3. The van der Waals surface area contributed by atoms with Crippen LogP contribution in [0.2, 0.25) is 0 Å². The highest BCUT2D eigenvalue weighted by molar-refractivity contribution is 9.10. The number of esters is 1. The highest BCUT2D eigenvalue weighted by Crippen LogP contribution is 2.57. The van der Waals surface area contributed by atoms with Crippen LogP contribution in [0.25, 0.3) is 0 Å². The Morgan fingerprint density at radius 1 is 0.805 bits per heavy atom. The summed E-state index contributed by atoms with van der Waals surface area (Å²) in [5.41, 5.74) is 2.27. The highest BCUT2D eigenvalue weighted by Gasteiger charge is 2.55. The van der Waals surface area contributed by atoms with Gasteiger partial charge in [0.15, 0.2) is 5.60 Å². The molecule has 0 atom stereocenters. The Kier molecular flexibility index (Phi) is 9.54. The second-order valence-corrected chi connectivity index (χ2v) is 12.1. The van der Waals surface area contributed by atoms with Crippen molar-refractivity contribution < 1.29 is 29.6 Å². The molecule has 0 spiro atoms. The van der Waals surface area contributed by atoms with Crippen molar-refractivity contribution in [3.05, 3.63) is 89.3 Å². The molecule has 0 aromatic heterocycles. The fourth-order valence-corrected chi connectivity index (χ4v) is 7.58. The summed E-state index contributed by atoms with van der Waals surface area (Å²) in [7, 11) is 0. The average Bonchev–Trinajstić information content (AvgIpc) is 3.22. The third kappa shape index (κ3) is 5.18. The van der Waals surface area contributed by atoms with Gasteiger partial charge in [-0.2, -0.15) is 0 Å². The predicted molar refractivity (Wildman–Crippen MR) is 166 cm³/mol. The molecule has 1 aliphatic rings. The number of rotatable bonds is 11. The molecule has 0 saturated carbocycles. The van der Waals surface area contributed by atoms with Crippen LogP contribution in [0.3, 0.4) is 0 Å². The zero-order valence-corrected chi connectivity index (χ0v) is 27.0. The van der Waals surface area contributed by atoms with Gasteiger partial charge in [-0.05, 0) is 66.1 Å². The van der Waals surface area contributed by atoms with Gasteiger partial charge in [-0.25, -0.2) is 9.59 Å². The molecule has 1 aliphatic heterocycles. The molecule has 1 heterocycles. The third-order valence-corrected chi connectivity index (χ3v) is 9.67. The van der Waals surface area contributed by atoms with E-state index >= 15 is 0 Å². The first-order valence-corrected chi connectivity index (χ1v) is 15.8. The lowest BCUT2D eigenvalue weighted by Gasteiger charge is -2.36. The smallest absolute Gasteiger partial charge is 0.341 e. The molecule has 0 radical (unpaired) electrons. The van der Waals surface area contributed by atoms with Crippen molar-refractivity contribution in [2.75, 3.05) is 0 Å². The van der Waals surface area contributed by atoms with Crippen molar-refractivity contribution in [3.8, 4) is 11.5 Å². The van der Waals surface area contributed by atoms with E-state index in [1.807, 2.05) is 13.8 Å². The van der Waals surface area contributed by atoms with E-state index in [1.54, 1.807) is 24.3 Å². The quantitative estimate of drug-likeness (QED) is 0.175. The van der Waals surface area contributed by atoms with Crippen LogP contribution in [-0.4, -0.2) is 27.3 Å². The van der Waals surface area contributed by atoms with Crippen LogP contribution in [0.15, 0.2) is 39.3 Å². The number of fused-ring (bicyclic) bond motifs is 1. The first kappa shape index (κ1) is 31.1. The van der Waals surface area contributed by atoms with Crippen LogP contribution in [-0.2, 0) is 36.0 Å². The summed E-state index contributed by atoms with van der Waals surface area (Å²) in [6, 6.07) is 7.99. The summed E-state index contributed by atoms with van der Waals surface area (Å²) in [6.45, 7) is 8.18. The van der Waals surface area contributed by atoms with Gasteiger partial charge in [0.2, 0.25) is 0 Å². The molecule has 0 amide bonds. The van der Waals surface area contributed by atoms with Gasteiger partial charge < -0.3 is 20.1 Å². The number of carboxylic acids is 1. The largest absolute Gasteiger partial charge is 0.507 e. The van der Waals surface area contributed by atoms with Crippen molar-refractivity contribution in [1.29, 1.82) is 0 Å². The lowest BCUT2D eigenvalue weighted by Crippen LogP contribution is -2.33. The van der Waals surface area contributed by atoms with Crippen LogP contribution in [0.4, 0.5) is 0 Å². The molecule has 0 bridgehead atoms. The van der Waals surface area contributed by atoms with Crippen molar-refractivity contribution >= 4 is 43.8 Å². The van der Waals surface area contributed by atoms with Crippen LogP contribution in [0.5, 0.6) is 11.5 Å². The van der Waals surface area contributed by atoms with Gasteiger partial charge in [0.05, 0.1) is 22.3 Å². The lowest BCUT2D eigenvalue weighted by molar-refractivity contribution is 0.0231. The maximum atomic E-state index is 13.8. The molecule has 8 heteroatoms. The lowest BCUT2D eigenvalue weighted by atomic mass is 9.73. The van der Waals surface area contributed by atoms with Crippen molar-refractivity contribution in [2.24, 2.45) is 0 Å². The summed E-state index contributed by atoms with van der Waals surface area (Å²) in [4.78, 5) is 26.0. The number of aromatic carboxylic acids is 1. The van der Waals surface area contributed by atoms with E-state index in [-0.39, 0.29) is 28.2 Å². The van der Waals surface area contributed by atoms with Gasteiger partial charge in [-0.15, -0.1) is 0 Å². The number of phenols is 2. The van der Waals surface area contributed by atoms with E-state index in [0.29, 0.717) is 24.0 Å². The minimum absolute atomic E-state index is 0.0721. The maximum absolute atomic E-state index is 13.8. The first-order valence-electron chi connectivity index (χ1n) is 14.3. The number of halogens is 2. The number of aryl methyl sites for hydroxylation is 2. The Labute approximate surface area is 258 Å². The third-order valence-electron chi connectivity index (χ3n) is 7.70. The molecule has 41 heavy (non-hydrogen) atoms. The van der Waals surface area contributed by atoms with Gasteiger partial charge in [0.25, 0.3) is 0 Å². The zero-order valence-electron chi connectivity index (χ0n) is 23.9. The molecule has 0 aliphatic carbocycles. The normalized spacial score (nSPS) is 13.8. The molecule has 6 nitrogen and oxygen atoms in total. The van der Waals surface area contributed by atoms with E-state index in [4.69, 9.17) is 4.74 Å². The van der Waals surface area contributed by atoms with Gasteiger partial charge in [-0.3, -0.25) is 0 Å². The molecule has 3 aromatic rings. The van der Waals surface area contributed by atoms with Crippen molar-refractivity contribution in [2.45, 2.75) is 84.7 Å². The molecule has 0 unspecified atom stereocenters. The number of carboxylic acid groups (broad SMARTS) is 1. The maximum Gasteiger partial charge on any atom is 0.341 e. The van der Waals surface area contributed by atoms with Gasteiger partial charge >= 0.3 is 11.9 Å². The fourth-order valence-electron chi connectivity index (χ4n) is 6.16. The van der Waals surface area contributed by atoms with Crippen molar-refractivity contribution in [1.82, 2.24) is 0 Å². The second-order valence-electron chi connectivity index (χ2n) is 10.5. The molecule has 0 fully saturated rings. The Hall–Kier alpha value is -2.84. The Balaban J connectivity index is 2.28. The molecular formula is C33H36Br2O6. The minimum atomic E-state index is -1.79. The van der Waals surface area contributed by atoms with Gasteiger partial charge in [0, 0.05) is 14.5 Å². The van der Waals surface area contributed by atoms with Gasteiger partial charge in [-0.1, -0.05) is 97.4 Å². The summed E-state index contributed by atoms with van der Waals surface area (Å²) in [5, 5.41) is 33.7. The highest BCUT2D eigenvalue weighted by atomic mass is 79.9. The Morgan fingerprint density at radius 3 is 1.68 bits per heavy atom. The monoisotopic (exact) mass is 686 g/mol. The van der Waals surface area contributed by atoms with Crippen molar-refractivity contribution in [3.63, 3.8) is 0 Å². The summed E-state index contributed by atoms with van der Waals surface area (Å²) in [6.07, 6.45) is 5.74. The average molecular weight is 688 g/mol. The summed E-state index contributed by atoms with van der Waals surface area (Å²) in [5.74, 6) is -2.22. The number of ether oxygens (including phenoxy) is 1. The van der Waals surface area contributed by atoms with E-state index in [9.17, 15) is 24.9 Å². The van der Waals surface area contributed by atoms with E-state index in [0.717, 1.165) is 69.7 Å². The SMILES string of the molecule is CCCc1cc(O)c(C2(c3c(O)cc(CCC)c(Br)c3CCC)OC(=O)c3c(C(=O)O)cccc32)c(CCC)c1Br. The van der Waals surface area contributed by atoms with Crippen LogP contribution < -0.4 is 0 Å². The second kappa shape index (κ2) is 12.6. The van der Waals surface area contributed by atoms with Crippen LogP contribution in [0.1, 0.15) is 113 Å². The number of carbonyl (C=O) groups excluding carboxylic acids is 1. The molecular weight excluding hydrogens is 652 g/mol. The van der Waals surface area contributed by atoms with E-state index in [2.05, 4.69) is 45.7 Å². The van der Waals surface area contributed by atoms with Crippen LogP contribution >= 0.6 is 31.9 Å². The number of hydrogen-bond donors (Lipinski definition) is 3. The molecule has 0 saturated heterocycles. The molecule has 4 rings (SSSR count). The predicted octanol–water partition coefficient (Wildman–Crippen LogP) is 8.59. The number of aromatic hydroxyl groups is 2. The first-order chi connectivity index (χ1) is 19.6. The minimum Gasteiger partial charge on any atom is -0.507 e. The molecule has 218 valence electrons. The number of hydrogen-bond acceptors (Lipinski definition) is 5. The molecule has 3 N–H and O–H groups in total. The number of phenolic OH excluding ortho intramolecular Hbond substituents is 2. The number of cyclic esters (lactones) is 1. The molecule has 3 aromatic carbocycles. The topological polar surface area (TPSA) is 104 Å². The zero-order chi connectivity index (χ0) is 30.1. The Morgan fingerprint density at radius 2 is 1.27 bits per heavy atom. The summed E-state index contributed by atoms with van der Waals surface area (Å²) >= 11 is 7.60. The van der Waals surface area contributed by atoms with E-state index in [1.165, 1.54) is 6.07 Å². The van der Waals surface area contributed by atoms with Gasteiger partial charge in [0.1, 0.15) is 11.5 Å². The van der Waals surface area contributed by atoms with E-state index < -0.39 is 17.5 Å². The van der Waals surface area contributed by atoms with Crippen LogP contribution in [0, 0.1) is 0 Å². The Bertz CT molecular complexity index is 1440. The standard InChI is InChI=1S/C33H36Br2O6/c1-5-10-18-16-24(36)27(21(12-7-3)29(18)34)33(23-15-9-14-20(31(38)39)26(23)32(40)41-33)28-22(13-8-4)30(35)19(11-6-2)17-25(28)37/h9,14-17,36-37H,5-8,10-13H2,1-4H3,(H,38,39).